The summed E-state index contributed by atoms with van der Waals surface area (Å²) in [5.74, 6) is 0.430. The van der Waals surface area contributed by atoms with Gasteiger partial charge in [-0.2, -0.15) is 0 Å². The molecule has 2 nitrogen and oxygen atoms in total. The Morgan fingerprint density at radius 3 is 3.00 bits per heavy atom. The van der Waals surface area contributed by atoms with Gasteiger partial charge in [0.25, 0.3) is 0 Å². The largest absolute Gasteiger partial charge is 0.361 e. The van der Waals surface area contributed by atoms with Crippen molar-refractivity contribution in [1.29, 1.82) is 0 Å². The van der Waals surface area contributed by atoms with Crippen molar-refractivity contribution >= 4 is 11.5 Å². The number of carbonyl (C=O) groups is 1. The zero-order valence-electron chi connectivity index (χ0n) is 8.07. The van der Waals surface area contributed by atoms with Crippen molar-refractivity contribution in [2.45, 2.75) is 25.3 Å². The highest BCUT2D eigenvalue weighted by molar-refractivity contribution is 5.91. The first-order valence-electron chi connectivity index (χ1n) is 5.23. The molecule has 0 amide bonds. The quantitative estimate of drug-likeness (QED) is 0.617. The third-order valence-corrected chi connectivity index (χ3v) is 3.34. The summed E-state index contributed by atoms with van der Waals surface area (Å²) in [4.78, 5) is 13.9. The Hall–Kier alpha value is -1.31. The van der Waals surface area contributed by atoms with Crippen molar-refractivity contribution < 1.29 is 4.79 Å². The van der Waals surface area contributed by atoms with E-state index in [0.717, 1.165) is 25.8 Å². The van der Waals surface area contributed by atoms with E-state index >= 15 is 0 Å². The van der Waals surface area contributed by atoms with E-state index in [4.69, 9.17) is 0 Å². The smallest absolute Gasteiger partial charge is 0.157 e. The van der Waals surface area contributed by atoms with Crippen LogP contribution in [0.4, 0.5) is 5.69 Å². The number of aryl methyl sites for hydroxylation is 1. The topological polar surface area (TPSA) is 20.3 Å². The number of hydrogen-bond donors (Lipinski definition) is 0. The van der Waals surface area contributed by atoms with Crippen LogP contribution in [0.25, 0.3) is 0 Å². The van der Waals surface area contributed by atoms with Gasteiger partial charge in [0.15, 0.2) is 5.78 Å². The average Bonchev–Trinajstić information content (AvgIpc) is 2.61. The Balaban J connectivity index is 2.07. The van der Waals surface area contributed by atoms with Crippen LogP contribution in [0.15, 0.2) is 24.3 Å². The Morgan fingerprint density at radius 2 is 2.07 bits per heavy atom. The van der Waals surface area contributed by atoms with Crippen LogP contribution in [0, 0.1) is 0 Å². The molecule has 1 fully saturated rings. The molecule has 0 saturated carbocycles. The molecular formula is C12H13NO. The molecule has 2 aliphatic heterocycles. The zero-order valence-corrected chi connectivity index (χ0v) is 8.07. The number of ketones is 1. The lowest BCUT2D eigenvalue weighted by atomic mass is 9.96. The fraction of sp³-hybridized carbons (Fsp3) is 0.417. The standard InChI is InChI=1S/C12H13NO/c14-12-7-8-13-10-4-2-1-3-9(10)5-6-11(12)13/h1-4,11H,5-8H2. The molecular weight excluding hydrogens is 174 g/mol. The molecule has 0 aliphatic carbocycles. The highest BCUT2D eigenvalue weighted by Gasteiger charge is 2.35. The van der Waals surface area contributed by atoms with E-state index in [1.54, 1.807) is 0 Å². The van der Waals surface area contributed by atoms with Gasteiger partial charge in [0.2, 0.25) is 0 Å². The number of benzene rings is 1. The van der Waals surface area contributed by atoms with E-state index in [-0.39, 0.29) is 6.04 Å². The summed E-state index contributed by atoms with van der Waals surface area (Å²) in [6.07, 6.45) is 2.80. The van der Waals surface area contributed by atoms with E-state index in [2.05, 4.69) is 29.2 Å². The summed E-state index contributed by atoms with van der Waals surface area (Å²) >= 11 is 0. The monoisotopic (exact) mass is 187 g/mol. The summed E-state index contributed by atoms with van der Waals surface area (Å²) in [5.41, 5.74) is 2.69. The summed E-state index contributed by atoms with van der Waals surface area (Å²) < 4.78 is 0. The minimum Gasteiger partial charge on any atom is -0.361 e. The first-order chi connectivity index (χ1) is 6.86. The molecule has 72 valence electrons. The molecule has 1 atom stereocenters. The maximum atomic E-state index is 11.6. The first kappa shape index (κ1) is 8.04. The van der Waals surface area contributed by atoms with Gasteiger partial charge in [0.1, 0.15) is 0 Å². The van der Waals surface area contributed by atoms with Gasteiger partial charge < -0.3 is 4.90 Å². The summed E-state index contributed by atoms with van der Waals surface area (Å²) in [6, 6.07) is 8.64. The molecule has 0 aromatic heterocycles. The maximum Gasteiger partial charge on any atom is 0.157 e. The molecule has 0 bridgehead atoms. The zero-order chi connectivity index (χ0) is 9.54. The number of fused-ring (bicyclic) bond motifs is 3. The van der Waals surface area contributed by atoms with Crippen LogP contribution in [0.3, 0.4) is 0 Å². The lowest BCUT2D eigenvalue weighted by Crippen LogP contribution is -2.37. The second-order valence-electron chi connectivity index (χ2n) is 4.09. The predicted molar refractivity (Wildman–Crippen MR) is 55.5 cm³/mol. The lowest BCUT2D eigenvalue weighted by Gasteiger charge is -2.32. The van der Waals surface area contributed by atoms with Gasteiger partial charge in [0, 0.05) is 18.7 Å². The van der Waals surface area contributed by atoms with E-state index in [1.165, 1.54) is 11.3 Å². The summed E-state index contributed by atoms with van der Waals surface area (Å²) in [5, 5.41) is 0. The summed E-state index contributed by atoms with van der Waals surface area (Å²) in [6.45, 7) is 0.917. The van der Waals surface area contributed by atoms with Crippen molar-refractivity contribution in [1.82, 2.24) is 0 Å². The molecule has 1 aromatic rings. The van der Waals surface area contributed by atoms with E-state index in [0.29, 0.717) is 5.78 Å². The third kappa shape index (κ3) is 0.999. The SMILES string of the molecule is O=C1CCN2c3ccccc3CCC12. The van der Waals surface area contributed by atoms with Crippen molar-refractivity contribution in [3.63, 3.8) is 0 Å². The molecule has 2 heterocycles. The van der Waals surface area contributed by atoms with Gasteiger partial charge in [-0.25, -0.2) is 0 Å². The van der Waals surface area contributed by atoms with Gasteiger partial charge >= 0.3 is 0 Å². The molecule has 1 unspecified atom stereocenters. The normalized spacial score (nSPS) is 24.7. The second kappa shape index (κ2) is 2.84. The number of Topliss-reactive ketones (excluding diaryl/α,β-unsaturated/α-hetero) is 1. The molecule has 3 rings (SSSR count). The lowest BCUT2D eigenvalue weighted by molar-refractivity contribution is -0.118. The van der Waals surface area contributed by atoms with Crippen molar-refractivity contribution in [3.8, 4) is 0 Å². The fourth-order valence-electron chi connectivity index (χ4n) is 2.63. The van der Waals surface area contributed by atoms with Crippen LogP contribution in [0.1, 0.15) is 18.4 Å². The van der Waals surface area contributed by atoms with Crippen LogP contribution >= 0.6 is 0 Å². The molecule has 0 radical (unpaired) electrons. The summed E-state index contributed by atoms with van der Waals surface area (Å²) in [7, 11) is 0. The predicted octanol–water partition coefficient (Wildman–Crippen LogP) is 1.78. The second-order valence-corrected chi connectivity index (χ2v) is 4.09. The molecule has 0 N–H and O–H groups in total. The number of rotatable bonds is 0. The molecule has 14 heavy (non-hydrogen) atoms. The van der Waals surface area contributed by atoms with Gasteiger partial charge in [-0.15, -0.1) is 0 Å². The number of para-hydroxylation sites is 1. The van der Waals surface area contributed by atoms with Crippen molar-refractivity contribution in [3.05, 3.63) is 29.8 Å². The number of carbonyl (C=O) groups excluding carboxylic acids is 1. The van der Waals surface area contributed by atoms with Crippen LogP contribution in [-0.2, 0) is 11.2 Å². The van der Waals surface area contributed by atoms with Crippen LogP contribution in [-0.4, -0.2) is 18.4 Å². The van der Waals surface area contributed by atoms with Gasteiger partial charge in [-0.05, 0) is 24.5 Å². The van der Waals surface area contributed by atoms with Crippen molar-refractivity contribution in [2.24, 2.45) is 0 Å². The molecule has 2 heteroatoms. The fourth-order valence-corrected chi connectivity index (χ4v) is 2.63. The van der Waals surface area contributed by atoms with E-state index in [9.17, 15) is 4.79 Å². The molecule has 2 aliphatic rings. The van der Waals surface area contributed by atoms with Crippen LogP contribution < -0.4 is 4.90 Å². The third-order valence-electron chi connectivity index (χ3n) is 3.34. The Morgan fingerprint density at radius 1 is 1.21 bits per heavy atom. The molecule has 1 aromatic carbocycles. The Labute approximate surface area is 83.5 Å². The van der Waals surface area contributed by atoms with Crippen LogP contribution in [0.5, 0.6) is 0 Å². The Kier molecular flexibility index (Phi) is 1.63. The molecule has 1 saturated heterocycles. The number of hydrogen-bond acceptors (Lipinski definition) is 2. The molecule has 0 spiro atoms. The highest BCUT2D eigenvalue weighted by Crippen LogP contribution is 2.34. The van der Waals surface area contributed by atoms with Crippen LogP contribution in [0.2, 0.25) is 0 Å². The van der Waals surface area contributed by atoms with Crippen molar-refractivity contribution in [2.75, 3.05) is 11.4 Å². The van der Waals surface area contributed by atoms with E-state index < -0.39 is 0 Å². The van der Waals surface area contributed by atoms with Gasteiger partial charge in [0.05, 0.1) is 6.04 Å². The number of anilines is 1. The van der Waals surface area contributed by atoms with E-state index in [1.807, 2.05) is 0 Å². The highest BCUT2D eigenvalue weighted by atomic mass is 16.1. The van der Waals surface area contributed by atoms with Gasteiger partial charge in [-0.1, -0.05) is 18.2 Å². The minimum atomic E-state index is 0.185. The average molecular weight is 187 g/mol. The maximum absolute atomic E-state index is 11.6. The Bertz CT molecular complexity index is 386. The van der Waals surface area contributed by atoms with Gasteiger partial charge in [-0.3, -0.25) is 4.79 Å². The first-order valence-corrected chi connectivity index (χ1v) is 5.23. The minimum absolute atomic E-state index is 0.185. The number of nitrogens with zero attached hydrogens (tertiary/aromatic N) is 1.